The number of ketones is 1. The molecule has 0 spiro atoms. The van der Waals surface area contributed by atoms with Crippen LogP contribution < -0.4 is 17.0 Å². The van der Waals surface area contributed by atoms with Crippen LogP contribution in [0.15, 0.2) is 58.1 Å². The summed E-state index contributed by atoms with van der Waals surface area (Å²) >= 11 is 0. The van der Waals surface area contributed by atoms with E-state index in [0.29, 0.717) is 5.56 Å². The van der Waals surface area contributed by atoms with Gasteiger partial charge in [-0.3, -0.25) is 28.8 Å². The van der Waals surface area contributed by atoms with Gasteiger partial charge < -0.3 is 10.5 Å². The van der Waals surface area contributed by atoms with E-state index in [4.69, 9.17) is 10.5 Å². The van der Waals surface area contributed by atoms with E-state index in [-0.39, 0.29) is 30.0 Å². The average molecular weight is 466 g/mol. The standard InChI is InChI=1S/C23H22N4O7/c1-3-25-21(29)19(20(24)26(23(25)31)12-15-9-5-4-6-10-15)17(28)13-34-22(30)18-14(2)8-7-11-16(18)27(32)33/h4-11H,3,12-13,24H2,1-2H3. The molecule has 1 heterocycles. The van der Waals surface area contributed by atoms with E-state index in [1.54, 1.807) is 37.3 Å². The zero-order valence-electron chi connectivity index (χ0n) is 18.5. The van der Waals surface area contributed by atoms with E-state index >= 15 is 0 Å². The molecule has 0 radical (unpaired) electrons. The number of nitro benzene ring substituents is 1. The molecule has 0 atom stereocenters. The Hall–Kier alpha value is -4.54. The molecule has 3 rings (SSSR count). The highest BCUT2D eigenvalue weighted by atomic mass is 16.6. The summed E-state index contributed by atoms with van der Waals surface area (Å²) in [5.41, 5.74) is 4.21. The SMILES string of the molecule is CCn1c(=O)c(C(=O)COC(=O)c2c(C)cccc2[N+](=O)[O-])c(N)n(Cc2ccccc2)c1=O. The van der Waals surface area contributed by atoms with E-state index in [1.165, 1.54) is 19.1 Å². The van der Waals surface area contributed by atoms with Crippen molar-refractivity contribution in [1.82, 2.24) is 9.13 Å². The second-order valence-electron chi connectivity index (χ2n) is 7.39. The zero-order chi connectivity index (χ0) is 25.0. The van der Waals surface area contributed by atoms with Crippen LogP contribution in [0.25, 0.3) is 0 Å². The third-order valence-corrected chi connectivity index (χ3v) is 5.23. The smallest absolute Gasteiger partial charge is 0.345 e. The highest BCUT2D eigenvalue weighted by molar-refractivity contribution is 6.03. The van der Waals surface area contributed by atoms with E-state index in [0.717, 1.165) is 15.2 Å². The first-order valence-corrected chi connectivity index (χ1v) is 10.3. The number of ether oxygens (including phenoxy) is 1. The molecule has 2 N–H and O–H groups in total. The lowest BCUT2D eigenvalue weighted by molar-refractivity contribution is -0.385. The maximum absolute atomic E-state index is 12.9. The zero-order valence-corrected chi connectivity index (χ0v) is 18.5. The summed E-state index contributed by atoms with van der Waals surface area (Å²) in [5, 5.41) is 11.3. The van der Waals surface area contributed by atoms with Crippen molar-refractivity contribution in [1.29, 1.82) is 0 Å². The van der Waals surface area contributed by atoms with Gasteiger partial charge in [0.1, 0.15) is 16.9 Å². The molecule has 0 aliphatic rings. The van der Waals surface area contributed by atoms with E-state index in [9.17, 15) is 29.3 Å². The summed E-state index contributed by atoms with van der Waals surface area (Å²) < 4.78 is 6.96. The summed E-state index contributed by atoms with van der Waals surface area (Å²) in [6.07, 6.45) is 0. The number of hydrogen-bond donors (Lipinski definition) is 1. The summed E-state index contributed by atoms with van der Waals surface area (Å²) in [6, 6.07) is 12.9. The number of carbonyl (C=O) groups is 2. The predicted octanol–water partition coefficient (Wildman–Crippen LogP) is 1.92. The maximum atomic E-state index is 12.9. The molecule has 34 heavy (non-hydrogen) atoms. The maximum Gasteiger partial charge on any atom is 0.345 e. The van der Waals surface area contributed by atoms with Crippen LogP contribution in [0.3, 0.4) is 0 Å². The van der Waals surface area contributed by atoms with Crippen molar-refractivity contribution >= 4 is 23.3 Å². The van der Waals surface area contributed by atoms with Gasteiger partial charge in [0.05, 0.1) is 11.5 Å². The molecule has 11 nitrogen and oxygen atoms in total. The van der Waals surface area contributed by atoms with Crippen LogP contribution in [0, 0.1) is 17.0 Å². The Balaban J connectivity index is 1.96. The van der Waals surface area contributed by atoms with Crippen LogP contribution in [0.5, 0.6) is 0 Å². The number of nitrogens with zero attached hydrogens (tertiary/aromatic N) is 3. The Morgan fingerprint density at radius 1 is 1.03 bits per heavy atom. The topological polar surface area (TPSA) is 157 Å². The first-order chi connectivity index (χ1) is 16.2. The summed E-state index contributed by atoms with van der Waals surface area (Å²) in [7, 11) is 0. The quantitative estimate of drug-likeness (QED) is 0.228. The Bertz CT molecular complexity index is 1390. The number of carbonyl (C=O) groups excluding carboxylic acids is 2. The molecular formula is C23H22N4O7. The molecule has 0 bridgehead atoms. The van der Waals surface area contributed by atoms with Crippen molar-refractivity contribution in [3.63, 3.8) is 0 Å². The normalized spacial score (nSPS) is 10.6. The number of benzene rings is 2. The Morgan fingerprint density at radius 2 is 1.71 bits per heavy atom. The Kier molecular flexibility index (Phi) is 7.05. The lowest BCUT2D eigenvalue weighted by atomic mass is 10.1. The fourth-order valence-corrected chi connectivity index (χ4v) is 3.52. The van der Waals surface area contributed by atoms with Gasteiger partial charge in [0.25, 0.3) is 11.2 Å². The first kappa shape index (κ1) is 24.1. The number of rotatable bonds is 8. The molecule has 0 aliphatic carbocycles. The van der Waals surface area contributed by atoms with Gasteiger partial charge in [-0.25, -0.2) is 9.59 Å². The van der Waals surface area contributed by atoms with Crippen LogP contribution >= 0.6 is 0 Å². The summed E-state index contributed by atoms with van der Waals surface area (Å²) in [5.74, 6) is -2.38. The monoisotopic (exact) mass is 466 g/mol. The first-order valence-electron chi connectivity index (χ1n) is 10.3. The number of esters is 1. The fourth-order valence-electron chi connectivity index (χ4n) is 3.52. The molecule has 0 unspecified atom stereocenters. The molecule has 176 valence electrons. The predicted molar refractivity (Wildman–Crippen MR) is 123 cm³/mol. The highest BCUT2D eigenvalue weighted by Gasteiger charge is 2.27. The van der Waals surface area contributed by atoms with Crippen molar-refractivity contribution in [2.24, 2.45) is 0 Å². The molecule has 0 saturated carbocycles. The van der Waals surface area contributed by atoms with Crippen LogP contribution in [0.1, 0.15) is 38.8 Å². The van der Waals surface area contributed by atoms with Crippen molar-refractivity contribution < 1.29 is 19.2 Å². The number of anilines is 1. The van der Waals surface area contributed by atoms with Gasteiger partial charge in [-0.2, -0.15) is 0 Å². The van der Waals surface area contributed by atoms with Gasteiger partial charge in [-0.05, 0) is 25.0 Å². The number of aromatic nitrogens is 2. The number of Topliss-reactive ketones (excluding diaryl/α,β-unsaturated/α-hetero) is 1. The Morgan fingerprint density at radius 3 is 2.32 bits per heavy atom. The molecule has 3 aromatic rings. The third-order valence-electron chi connectivity index (χ3n) is 5.23. The molecule has 0 fully saturated rings. The minimum absolute atomic E-state index is 0.0117. The number of aryl methyl sites for hydroxylation is 1. The third kappa shape index (κ3) is 4.63. The van der Waals surface area contributed by atoms with Crippen LogP contribution in [0.4, 0.5) is 11.5 Å². The van der Waals surface area contributed by atoms with E-state index < -0.39 is 45.8 Å². The lowest BCUT2D eigenvalue weighted by Gasteiger charge is -2.16. The van der Waals surface area contributed by atoms with Crippen molar-refractivity contribution in [3.8, 4) is 0 Å². The molecule has 2 aromatic carbocycles. The molecule has 1 aromatic heterocycles. The summed E-state index contributed by atoms with van der Waals surface area (Å²) in [6.45, 7) is 2.17. The molecule has 0 aliphatic heterocycles. The van der Waals surface area contributed by atoms with Crippen LogP contribution in [-0.2, 0) is 17.8 Å². The van der Waals surface area contributed by atoms with Gasteiger partial charge in [0.15, 0.2) is 6.61 Å². The van der Waals surface area contributed by atoms with Crippen molar-refractivity contribution in [2.75, 3.05) is 12.3 Å². The van der Waals surface area contributed by atoms with Gasteiger partial charge in [-0.1, -0.05) is 42.5 Å². The van der Waals surface area contributed by atoms with Gasteiger partial charge in [0, 0.05) is 12.6 Å². The van der Waals surface area contributed by atoms with Gasteiger partial charge >= 0.3 is 11.7 Å². The van der Waals surface area contributed by atoms with Crippen molar-refractivity contribution in [3.05, 3.63) is 102 Å². The number of nitro groups is 1. The minimum atomic E-state index is -1.09. The number of nitrogens with two attached hydrogens (primary N) is 1. The molecular weight excluding hydrogens is 444 g/mol. The van der Waals surface area contributed by atoms with Gasteiger partial charge in [0.2, 0.25) is 5.78 Å². The lowest BCUT2D eigenvalue weighted by Crippen LogP contribution is -2.44. The molecule has 0 saturated heterocycles. The second kappa shape index (κ2) is 9.94. The Labute approximate surface area is 193 Å². The molecule has 11 heteroatoms. The molecule has 0 amide bonds. The van der Waals surface area contributed by atoms with Crippen LogP contribution in [0.2, 0.25) is 0 Å². The van der Waals surface area contributed by atoms with E-state index in [1.807, 2.05) is 0 Å². The van der Waals surface area contributed by atoms with Crippen molar-refractivity contribution in [2.45, 2.75) is 26.9 Å². The largest absolute Gasteiger partial charge is 0.453 e. The number of hydrogen-bond acceptors (Lipinski definition) is 8. The fraction of sp³-hybridized carbons (Fsp3) is 0.217. The average Bonchev–Trinajstić information content (AvgIpc) is 2.81. The number of nitrogen functional groups attached to an aromatic ring is 1. The minimum Gasteiger partial charge on any atom is -0.453 e. The highest BCUT2D eigenvalue weighted by Crippen LogP contribution is 2.23. The van der Waals surface area contributed by atoms with Crippen LogP contribution in [-0.4, -0.2) is 32.4 Å². The summed E-state index contributed by atoms with van der Waals surface area (Å²) in [4.78, 5) is 61.6. The van der Waals surface area contributed by atoms with Gasteiger partial charge in [-0.15, -0.1) is 0 Å². The second-order valence-corrected chi connectivity index (χ2v) is 7.39. The van der Waals surface area contributed by atoms with E-state index in [2.05, 4.69) is 0 Å².